The average Bonchev–Trinajstić information content (AvgIpc) is 3.09. The van der Waals surface area contributed by atoms with E-state index in [1.807, 2.05) is 0 Å². The molecule has 0 spiro atoms. The topological polar surface area (TPSA) is 0 Å². The molecule has 23 heavy (non-hydrogen) atoms. The molecular formula is C22H40Ti. The first kappa shape index (κ1) is 21.8. The number of fused-ring (bicyclic) bond motifs is 2. The summed E-state index contributed by atoms with van der Waals surface area (Å²) in [6, 6.07) is 0. The Balaban J connectivity index is 0.000000882. The van der Waals surface area contributed by atoms with E-state index in [0.717, 1.165) is 35.5 Å². The van der Waals surface area contributed by atoms with Crippen LogP contribution in [0.1, 0.15) is 89.9 Å². The second-order valence-corrected chi connectivity index (χ2v) is 8.67. The van der Waals surface area contributed by atoms with Gasteiger partial charge in [-0.15, -0.1) is 0 Å². The molecule has 1 heteroatoms. The molecule has 0 saturated heterocycles. The molecular weight excluding hydrogens is 312 g/mol. The minimum Gasteiger partial charge on any atom is -0.358 e. The maximum absolute atomic E-state index is 1.61. The van der Waals surface area contributed by atoms with Crippen molar-refractivity contribution in [1.29, 1.82) is 0 Å². The molecule has 0 aromatic rings. The van der Waals surface area contributed by atoms with Gasteiger partial charge >= 0.3 is 21.7 Å². The van der Waals surface area contributed by atoms with E-state index in [2.05, 4.69) is 0 Å². The van der Waals surface area contributed by atoms with Crippen LogP contribution < -0.4 is 0 Å². The van der Waals surface area contributed by atoms with Crippen molar-refractivity contribution in [2.45, 2.75) is 89.9 Å². The zero-order chi connectivity index (χ0) is 13.4. The van der Waals surface area contributed by atoms with E-state index in [1.165, 1.54) is 0 Å². The molecule has 4 saturated carbocycles. The molecule has 4 aliphatic carbocycles. The molecule has 6 atom stereocenters. The van der Waals surface area contributed by atoms with Crippen molar-refractivity contribution < 1.29 is 21.7 Å². The molecule has 4 fully saturated rings. The Morgan fingerprint density at radius 2 is 0.870 bits per heavy atom. The van der Waals surface area contributed by atoms with E-state index in [9.17, 15) is 0 Å². The van der Waals surface area contributed by atoms with Crippen LogP contribution in [-0.2, 0) is 21.7 Å². The molecule has 0 aromatic carbocycles. The molecule has 0 radical (unpaired) electrons. The van der Waals surface area contributed by atoms with Gasteiger partial charge in [-0.2, -0.15) is 0 Å². The Morgan fingerprint density at radius 3 is 1.30 bits per heavy atom. The van der Waals surface area contributed by atoms with Gasteiger partial charge in [-0.3, -0.25) is 0 Å². The predicted molar refractivity (Wildman–Crippen MR) is 98.4 cm³/mol. The number of hydrogen-bond donors (Lipinski definition) is 0. The SMILES string of the molecule is C1CCC2C(C1)CCC2CCC1CCC2CCCCC21.[CH3-].[CH3-].[Ti+2]. The van der Waals surface area contributed by atoms with Gasteiger partial charge in [-0.1, -0.05) is 38.5 Å². The molecule has 4 aliphatic rings. The monoisotopic (exact) mass is 352 g/mol. The van der Waals surface area contributed by atoms with Gasteiger partial charge in [0.2, 0.25) is 0 Å². The van der Waals surface area contributed by atoms with E-state index in [0.29, 0.717) is 0 Å². The molecule has 0 nitrogen and oxygen atoms in total. The smallest absolute Gasteiger partial charge is 0.358 e. The summed E-state index contributed by atoms with van der Waals surface area (Å²) < 4.78 is 0. The molecule has 0 aromatic heterocycles. The minimum atomic E-state index is 0. The third-order valence-corrected chi connectivity index (χ3v) is 7.87. The van der Waals surface area contributed by atoms with Crippen molar-refractivity contribution in [3.63, 3.8) is 0 Å². The van der Waals surface area contributed by atoms with Gasteiger partial charge in [0, 0.05) is 0 Å². The van der Waals surface area contributed by atoms with Crippen molar-refractivity contribution in [1.82, 2.24) is 0 Å². The van der Waals surface area contributed by atoms with Crippen molar-refractivity contribution in [3.8, 4) is 0 Å². The first-order valence-electron chi connectivity index (χ1n) is 9.92. The molecule has 6 unspecified atom stereocenters. The Morgan fingerprint density at radius 1 is 0.478 bits per heavy atom. The van der Waals surface area contributed by atoms with Crippen molar-refractivity contribution in [2.24, 2.45) is 35.5 Å². The Labute approximate surface area is 161 Å². The maximum Gasteiger partial charge on any atom is 2.00 e. The van der Waals surface area contributed by atoms with E-state index >= 15 is 0 Å². The van der Waals surface area contributed by atoms with Gasteiger partial charge in [-0.25, -0.2) is 0 Å². The Hall–Kier alpha value is 0.714. The predicted octanol–water partition coefficient (Wildman–Crippen LogP) is 7.10. The summed E-state index contributed by atoms with van der Waals surface area (Å²) in [5, 5.41) is 0. The van der Waals surface area contributed by atoms with Gasteiger partial charge < -0.3 is 14.9 Å². The zero-order valence-corrected chi connectivity index (χ0v) is 17.4. The molecule has 0 aliphatic heterocycles. The van der Waals surface area contributed by atoms with Crippen LogP contribution in [0.2, 0.25) is 0 Å². The number of rotatable bonds is 3. The van der Waals surface area contributed by atoms with Gasteiger partial charge in [0.15, 0.2) is 0 Å². The molecule has 0 amide bonds. The normalized spacial score (nSPS) is 41.7. The molecule has 4 rings (SSSR count). The van der Waals surface area contributed by atoms with E-state index < -0.39 is 0 Å². The van der Waals surface area contributed by atoms with Gasteiger partial charge in [0.25, 0.3) is 0 Å². The average molecular weight is 352 g/mol. The van der Waals surface area contributed by atoms with E-state index in [1.54, 1.807) is 89.9 Å². The van der Waals surface area contributed by atoms with Crippen molar-refractivity contribution in [2.75, 3.05) is 0 Å². The standard InChI is InChI=1S/C20H34.2CH3.Ti/c1-3-7-19-15(5-1)9-11-17(19)13-14-18-12-10-16-6-2-4-8-20(16)18;;;/h15-20H,1-14H2;2*1H3;/q;2*-1;+2. The summed E-state index contributed by atoms with van der Waals surface area (Å²) in [4.78, 5) is 0. The Bertz CT molecular complexity index is 294. The quantitative estimate of drug-likeness (QED) is 0.375. The summed E-state index contributed by atoms with van der Waals surface area (Å²) in [5.74, 6) is 6.91. The van der Waals surface area contributed by atoms with Gasteiger partial charge in [0.05, 0.1) is 0 Å². The van der Waals surface area contributed by atoms with Crippen molar-refractivity contribution >= 4 is 0 Å². The third-order valence-electron chi connectivity index (χ3n) is 7.87. The summed E-state index contributed by atoms with van der Waals surface area (Å²) in [6.45, 7) is 0. The second-order valence-electron chi connectivity index (χ2n) is 8.67. The molecule has 0 bridgehead atoms. The molecule has 132 valence electrons. The van der Waals surface area contributed by atoms with Crippen LogP contribution in [0.4, 0.5) is 0 Å². The van der Waals surface area contributed by atoms with Crippen LogP contribution >= 0.6 is 0 Å². The fourth-order valence-electron chi connectivity index (χ4n) is 6.86. The molecule has 0 heterocycles. The van der Waals surface area contributed by atoms with Crippen LogP contribution in [0.15, 0.2) is 0 Å². The van der Waals surface area contributed by atoms with Crippen LogP contribution in [-0.4, -0.2) is 0 Å². The second kappa shape index (κ2) is 10.0. The first-order valence-corrected chi connectivity index (χ1v) is 9.92. The summed E-state index contributed by atoms with van der Waals surface area (Å²) >= 11 is 0. The first-order chi connectivity index (χ1) is 9.92. The van der Waals surface area contributed by atoms with Gasteiger partial charge in [-0.05, 0) is 86.9 Å². The fraction of sp³-hybridized carbons (Fsp3) is 0.909. The van der Waals surface area contributed by atoms with Gasteiger partial charge in [0.1, 0.15) is 0 Å². The number of hydrogen-bond acceptors (Lipinski definition) is 0. The third kappa shape index (κ3) is 4.66. The van der Waals surface area contributed by atoms with Crippen LogP contribution in [0, 0.1) is 50.4 Å². The zero-order valence-electron chi connectivity index (χ0n) is 15.9. The maximum atomic E-state index is 1.61. The minimum absolute atomic E-state index is 0. The summed E-state index contributed by atoms with van der Waals surface area (Å²) in [7, 11) is 0. The Kier molecular flexibility index (Phi) is 9.47. The largest absolute Gasteiger partial charge is 2.00 e. The van der Waals surface area contributed by atoms with Crippen LogP contribution in [0.3, 0.4) is 0 Å². The summed E-state index contributed by atoms with van der Waals surface area (Å²) in [5.41, 5.74) is 0. The van der Waals surface area contributed by atoms with E-state index in [4.69, 9.17) is 0 Å². The van der Waals surface area contributed by atoms with Crippen LogP contribution in [0.5, 0.6) is 0 Å². The van der Waals surface area contributed by atoms with Crippen molar-refractivity contribution in [3.05, 3.63) is 14.9 Å². The van der Waals surface area contributed by atoms with Crippen LogP contribution in [0.25, 0.3) is 0 Å². The molecule has 0 N–H and O–H groups in total. The van der Waals surface area contributed by atoms with E-state index in [-0.39, 0.29) is 36.6 Å². The summed E-state index contributed by atoms with van der Waals surface area (Å²) in [6.07, 6.45) is 22.1. The fourth-order valence-corrected chi connectivity index (χ4v) is 6.86.